The van der Waals surface area contributed by atoms with Gasteiger partial charge in [0.15, 0.2) is 5.78 Å². The molecule has 48 heavy (non-hydrogen) atoms. The largest absolute Gasteiger partial charge is 0.481 e. The normalized spacial score (nSPS) is 41.3. The number of aliphatic hydroxyl groups is 1. The third-order valence-electron chi connectivity index (χ3n) is 16.0. The van der Waals surface area contributed by atoms with Crippen LogP contribution in [0.5, 0.6) is 0 Å². The number of aliphatic carboxylic acids is 1. The second kappa shape index (κ2) is 12.2. The Morgan fingerprint density at radius 3 is 2.21 bits per heavy atom. The first-order valence-corrected chi connectivity index (χ1v) is 19.2. The Bertz CT molecular complexity index is 1350. The average Bonchev–Trinajstić information content (AvgIpc) is 3.30. The SMILES string of the molecule is CCCNC[C@@H](O)[C@@]12CC[C@]3(C)[C@](C)(CCC4[C@@]5(C)CC[C@H](OC(=O)CC(C)(C)C(=O)O)C(C)(C)C5CC[C@]43C)C1=C(C(C)C)C(=O)C2. The monoisotopic (exact) mass is 669 g/mol. The van der Waals surface area contributed by atoms with E-state index in [0.29, 0.717) is 24.8 Å². The lowest BCUT2D eigenvalue weighted by molar-refractivity contribution is -0.252. The second-order valence-corrected chi connectivity index (χ2v) is 19.4. The molecule has 272 valence electrons. The van der Waals surface area contributed by atoms with Gasteiger partial charge in [0.05, 0.1) is 17.9 Å². The summed E-state index contributed by atoms with van der Waals surface area (Å²) in [5, 5.41) is 25.0. The third-order valence-corrected chi connectivity index (χ3v) is 16.0. The molecule has 0 bridgehead atoms. The maximum Gasteiger partial charge on any atom is 0.309 e. The Labute approximate surface area is 290 Å². The molecular weight excluding hydrogens is 602 g/mol. The Kier molecular flexibility index (Phi) is 9.54. The fourth-order valence-electron chi connectivity index (χ4n) is 13.1. The summed E-state index contributed by atoms with van der Waals surface area (Å²) in [7, 11) is 0. The average molecular weight is 670 g/mol. The molecule has 5 aliphatic carbocycles. The van der Waals surface area contributed by atoms with Crippen LogP contribution in [0.25, 0.3) is 0 Å². The van der Waals surface area contributed by atoms with Crippen molar-refractivity contribution in [3.63, 3.8) is 0 Å². The minimum Gasteiger partial charge on any atom is -0.481 e. The Balaban J connectivity index is 1.48. The number of Topliss-reactive ketones (excluding diaryl/α,β-unsaturated/α-hetero) is 1. The molecule has 0 spiro atoms. The van der Waals surface area contributed by atoms with Crippen molar-refractivity contribution in [2.45, 2.75) is 159 Å². The summed E-state index contributed by atoms with van der Waals surface area (Å²) in [6.45, 7) is 25.7. The molecule has 9 atom stereocenters. The number of allylic oxidation sites excluding steroid dienone is 1. The molecule has 0 aromatic heterocycles. The lowest BCUT2D eigenvalue weighted by atomic mass is 9.29. The molecule has 7 heteroatoms. The lowest BCUT2D eigenvalue weighted by Crippen LogP contribution is -2.69. The van der Waals surface area contributed by atoms with Crippen LogP contribution in [0.1, 0.15) is 147 Å². The number of carboxylic acids is 1. The van der Waals surface area contributed by atoms with Crippen LogP contribution in [-0.4, -0.2) is 53.2 Å². The van der Waals surface area contributed by atoms with Crippen LogP contribution in [0, 0.1) is 55.7 Å². The van der Waals surface area contributed by atoms with E-state index in [1.165, 1.54) is 5.57 Å². The number of nitrogens with one attached hydrogen (secondary N) is 1. The van der Waals surface area contributed by atoms with Gasteiger partial charge >= 0.3 is 11.9 Å². The standard InChI is InChI=1S/C41H67NO6/c1-12-21-42-24-29(44)41-20-19-40(11)38(9)17-13-27-36(6,7)30(48-31(45)23-35(4,5)34(46)47)15-16-37(27,8)28(38)14-18-39(40,10)33(41)32(25(2)3)26(43)22-41/h25,27-30,42,44H,12-24H2,1-11H3,(H,46,47)/t27?,28?,29-,30+,37+,38-,39-,40+,41+/m1/s1. The van der Waals surface area contributed by atoms with Crippen LogP contribution in [-0.2, 0) is 19.1 Å². The van der Waals surface area contributed by atoms with Crippen LogP contribution >= 0.6 is 0 Å². The molecule has 0 saturated heterocycles. The molecule has 0 amide bonds. The highest BCUT2D eigenvalue weighted by Gasteiger charge is 2.74. The van der Waals surface area contributed by atoms with Gasteiger partial charge in [0, 0.05) is 23.8 Å². The van der Waals surface area contributed by atoms with E-state index < -0.39 is 28.9 Å². The van der Waals surface area contributed by atoms with Gasteiger partial charge in [-0.05, 0) is 129 Å². The van der Waals surface area contributed by atoms with Crippen LogP contribution in [0.3, 0.4) is 0 Å². The molecule has 0 aromatic rings. The Morgan fingerprint density at radius 1 is 0.958 bits per heavy atom. The van der Waals surface area contributed by atoms with Crippen molar-refractivity contribution >= 4 is 17.7 Å². The number of fused-ring (bicyclic) bond motifs is 7. The summed E-state index contributed by atoms with van der Waals surface area (Å²) in [5.74, 6) is -0.147. The predicted octanol–water partition coefficient (Wildman–Crippen LogP) is 8.13. The zero-order valence-electron chi connectivity index (χ0n) is 32.1. The number of ketones is 1. The molecule has 0 aliphatic heterocycles. The van der Waals surface area contributed by atoms with E-state index in [2.05, 4.69) is 67.6 Å². The summed E-state index contributed by atoms with van der Waals surface area (Å²) < 4.78 is 6.16. The fourth-order valence-corrected chi connectivity index (χ4v) is 13.1. The molecule has 7 nitrogen and oxygen atoms in total. The van der Waals surface area contributed by atoms with E-state index in [1.807, 2.05) is 0 Å². The summed E-state index contributed by atoms with van der Waals surface area (Å²) >= 11 is 0. The number of carboxylic acid groups (broad SMARTS) is 1. The minimum absolute atomic E-state index is 0.0348. The van der Waals surface area contributed by atoms with Gasteiger partial charge in [-0.2, -0.15) is 0 Å². The molecule has 4 saturated carbocycles. The molecule has 2 unspecified atom stereocenters. The molecule has 3 N–H and O–H groups in total. The van der Waals surface area contributed by atoms with Crippen molar-refractivity contribution in [3.8, 4) is 0 Å². The van der Waals surface area contributed by atoms with E-state index >= 15 is 0 Å². The van der Waals surface area contributed by atoms with Crippen molar-refractivity contribution < 1.29 is 29.3 Å². The topological polar surface area (TPSA) is 113 Å². The second-order valence-electron chi connectivity index (χ2n) is 19.4. The van der Waals surface area contributed by atoms with Crippen LogP contribution in [0.2, 0.25) is 0 Å². The van der Waals surface area contributed by atoms with Crippen molar-refractivity contribution in [3.05, 3.63) is 11.1 Å². The first-order valence-electron chi connectivity index (χ1n) is 19.2. The number of aliphatic hydroxyl groups excluding tert-OH is 1. The van der Waals surface area contributed by atoms with Crippen molar-refractivity contribution in [2.24, 2.45) is 55.7 Å². The molecule has 0 radical (unpaired) electrons. The van der Waals surface area contributed by atoms with Gasteiger partial charge in [-0.1, -0.05) is 62.3 Å². The van der Waals surface area contributed by atoms with Crippen molar-refractivity contribution in [1.82, 2.24) is 5.32 Å². The van der Waals surface area contributed by atoms with E-state index in [4.69, 9.17) is 4.74 Å². The first-order chi connectivity index (χ1) is 22.1. The third kappa shape index (κ3) is 5.20. The van der Waals surface area contributed by atoms with Crippen LogP contribution in [0.4, 0.5) is 0 Å². The van der Waals surface area contributed by atoms with Gasteiger partial charge in [-0.15, -0.1) is 0 Å². The Morgan fingerprint density at radius 2 is 1.60 bits per heavy atom. The Hall–Kier alpha value is -1.73. The van der Waals surface area contributed by atoms with E-state index in [-0.39, 0.29) is 51.3 Å². The van der Waals surface area contributed by atoms with Gasteiger partial charge in [0.25, 0.3) is 0 Å². The summed E-state index contributed by atoms with van der Waals surface area (Å²) in [6.07, 6.45) is 8.39. The van der Waals surface area contributed by atoms with Gasteiger partial charge in [0.1, 0.15) is 6.10 Å². The zero-order chi connectivity index (χ0) is 35.9. The fraction of sp³-hybridized carbons (Fsp3) is 0.878. The van der Waals surface area contributed by atoms with Crippen LogP contribution in [0.15, 0.2) is 11.1 Å². The highest BCUT2D eigenvalue weighted by atomic mass is 16.5. The summed E-state index contributed by atoms with van der Waals surface area (Å²) in [4.78, 5) is 38.8. The summed E-state index contributed by atoms with van der Waals surface area (Å²) in [6, 6.07) is 0. The molecule has 5 rings (SSSR count). The van der Waals surface area contributed by atoms with E-state index in [9.17, 15) is 24.6 Å². The number of hydrogen-bond acceptors (Lipinski definition) is 6. The maximum absolute atomic E-state index is 14.0. The summed E-state index contributed by atoms with van der Waals surface area (Å²) in [5.41, 5.74) is 0.337. The molecule has 0 heterocycles. The molecule has 0 aromatic carbocycles. The smallest absolute Gasteiger partial charge is 0.309 e. The van der Waals surface area contributed by atoms with Crippen LogP contribution < -0.4 is 5.32 Å². The predicted molar refractivity (Wildman–Crippen MR) is 189 cm³/mol. The number of carbonyl (C=O) groups excluding carboxylic acids is 2. The van der Waals surface area contributed by atoms with E-state index in [1.54, 1.807) is 13.8 Å². The number of ether oxygens (including phenoxy) is 1. The number of esters is 1. The highest BCUT2D eigenvalue weighted by Crippen LogP contribution is 2.80. The first kappa shape index (κ1) is 37.5. The number of rotatable bonds is 10. The lowest BCUT2D eigenvalue weighted by Gasteiger charge is -2.75. The highest BCUT2D eigenvalue weighted by molar-refractivity contribution is 6.01. The van der Waals surface area contributed by atoms with E-state index in [0.717, 1.165) is 69.9 Å². The van der Waals surface area contributed by atoms with Crippen molar-refractivity contribution in [2.75, 3.05) is 13.1 Å². The number of carbonyl (C=O) groups is 3. The zero-order valence-corrected chi connectivity index (χ0v) is 32.1. The minimum atomic E-state index is -1.16. The maximum atomic E-state index is 14.0. The van der Waals surface area contributed by atoms with Crippen molar-refractivity contribution in [1.29, 1.82) is 0 Å². The molecule has 5 aliphatic rings. The molecular formula is C41H67NO6. The van der Waals surface area contributed by atoms with Gasteiger partial charge in [-0.3, -0.25) is 14.4 Å². The van der Waals surface area contributed by atoms with Gasteiger partial charge < -0.3 is 20.3 Å². The number of hydrogen-bond donors (Lipinski definition) is 3. The quantitative estimate of drug-likeness (QED) is 0.159. The van der Waals surface area contributed by atoms with Gasteiger partial charge in [-0.25, -0.2) is 0 Å². The molecule has 4 fully saturated rings. The van der Waals surface area contributed by atoms with Gasteiger partial charge in [0.2, 0.25) is 0 Å².